The van der Waals surface area contributed by atoms with Gasteiger partial charge in [-0.15, -0.1) is 0 Å². The third kappa shape index (κ3) is 4.71. The molecule has 7 heteroatoms. The SMILES string of the molecule is COc1ccc([N+](=O)[O-])cc1CN(CC(=O)O)C(C)(C)C. The van der Waals surface area contributed by atoms with E-state index < -0.39 is 16.4 Å². The van der Waals surface area contributed by atoms with E-state index in [2.05, 4.69) is 0 Å². The van der Waals surface area contributed by atoms with Gasteiger partial charge in [0.2, 0.25) is 0 Å². The molecule has 0 spiro atoms. The van der Waals surface area contributed by atoms with E-state index in [-0.39, 0.29) is 18.8 Å². The summed E-state index contributed by atoms with van der Waals surface area (Å²) in [5.41, 5.74) is 0.145. The molecule has 0 fully saturated rings. The van der Waals surface area contributed by atoms with E-state index in [1.807, 2.05) is 20.8 Å². The normalized spacial score (nSPS) is 11.5. The molecule has 0 saturated heterocycles. The van der Waals surface area contributed by atoms with Crippen molar-refractivity contribution in [2.75, 3.05) is 13.7 Å². The van der Waals surface area contributed by atoms with E-state index in [0.29, 0.717) is 11.3 Å². The minimum absolute atomic E-state index is 0.0463. The summed E-state index contributed by atoms with van der Waals surface area (Å²) >= 11 is 0. The fourth-order valence-electron chi connectivity index (χ4n) is 1.90. The second kappa shape index (κ2) is 6.53. The van der Waals surface area contributed by atoms with Crippen molar-refractivity contribution >= 4 is 11.7 Å². The Morgan fingerprint density at radius 1 is 1.43 bits per heavy atom. The van der Waals surface area contributed by atoms with Gasteiger partial charge in [0, 0.05) is 29.8 Å². The largest absolute Gasteiger partial charge is 0.496 e. The van der Waals surface area contributed by atoms with Crippen LogP contribution in [0.2, 0.25) is 0 Å². The number of methoxy groups -OCH3 is 1. The monoisotopic (exact) mass is 296 g/mol. The van der Waals surface area contributed by atoms with Crippen LogP contribution in [0.25, 0.3) is 0 Å². The molecule has 116 valence electrons. The number of non-ortho nitro benzene ring substituents is 1. The summed E-state index contributed by atoms with van der Waals surface area (Å²) in [6.07, 6.45) is 0. The average Bonchev–Trinajstić information content (AvgIpc) is 2.36. The summed E-state index contributed by atoms with van der Waals surface area (Å²) in [4.78, 5) is 23.1. The van der Waals surface area contributed by atoms with E-state index in [1.54, 1.807) is 4.90 Å². The summed E-state index contributed by atoms with van der Waals surface area (Å²) in [6, 6.07) is 4.30. The first-order chi connectivity index (χ1) is 9.65. The average molecular weight is 296 g/mol. The molecule has 0 aliphatic carbocycles. The predicted octanol–water partition coefficient (Wildman–Crippen LogP) is 2.29. The van der Waals surface area contributed by atoms with Gasteiger partial charge < -0.3 is 9.84 Å². The van der Waals surface area contributed by atoms with Gasteiger partial charge in [0.05, 0.1) is 18.6 Å². The van der Waals surface area contributed by atoms with E-state index in [4.69, 9.17) is 9.84 Å². The van der Waals surface area contributed by atoms with Gasteiger partial charge in [-0.25, -0.2) is 0 Å². The molecule has 0 radical (unpaired) electrons. The number of carboxylic acid groups (broad SMARTS) is 1. The lowest BCUT2D eigenvalue weighted by Crippen LogP contribution is -2.43. The van der Waals surface area contributed by atoms with E-state index in [0.717, 1.165) is 0 Å². The molecule has 0 amide bonds. The van der Waals surface area contributed by atoms with Crippen molar-refractivity contribution in [2.24, 2.45) is 0 Å². The summed E-state index contributed by atoms with van der Waals surface area (Å²) in [5, 5.41) is 19.9. The standard InChI is InChI=1S/C14H20N2O5/c1-14(2,3)15(9-13(17)18)8-10-7-11(16(19)20)5-6-12(10)21-4/h5-7H,8-9H2,1-4H3,(H,17,18). The molecule has 1 aromatic rings. The Hall–Kier alpha value is -2.15. The zero-order chi connectivity index (χ0) is 16.2. The summed E-state index contributed by atoms with van der Waals surface area (Å²) in [7, 11) is 1.48. The molecule has 0 heterocycles. The van der Waals surface area contributed by atoms with Crippen LogP contribution < -0.4 is 4.74 Å². The van der Waals surface area contributed by atoms with Crippen molar-refractivity contribution in [2.45, 2.75) is 32.9 Å². The van der Waals surface area contributed by atoms with Crippen molar-refractivity contribution in [3.63, 3.8) is 0 Å². The van der Waals surface area contributed by atoms with E-state index >= 15 is 0 Å². The number of carboxylic acids is 1. The molecule has 0 aromatic heterocycles. The lowest BCUT2D eigenvalue weighted by Gasteiger charge is -2.34. The Kier molecular flexibility index (Phi) is 5.26. The fourth-order valence-corrected chi connectivity index (χ4v) is 1.90. The van der Waals surface area contributed by atoms with Gasteiger partial charge in [-0.1, -0.05) is 0 Å². The number of hydrogen-bond donors (Lipinski definition) is 1. The van der Waals surface area contributed by atoms with E-state index in [9.17, 15) is 14.9 Å². The first-order valence-electron chi connectivity index (χ1n) is 6.43. The van der Waals surface area contributed by atoms with Gasteiger partial charge in [0.25, 0.3) is 5.69 Å². The molecule has 1 N–H and O–H groups in total. The fraction of sp³-hybridized carbons (Fsp3) is 0.500. The quantitative estimate of drug-likeness (QED) is 0.639. The lowest BCUT2D eigenvalue weighted by atomic mass is 10.0. The first-order valence-corrected chi connectivity index (χ1v) is 6.43. The zero-order valence-corrected chi connectivity index (χ0v) is 12.6. The minimum atomic E-state index is -0.950. The van der Waals surface area contributed by atoms with Crippen LogP contribution in [0.1, 0.15) is 26.3 Å². The first kappa shape index (κ1) is 16.9. The van der Waals surface area contributed by atoms with Crippen LogP contribution in [0.3, 0.4) is 0 Å². The predicted molar refractivity (Wildman–Crippen MR) is 77.4 cm³/mol. The number of nitrogens with zero attached hydrogens (tertiary/aromatic N) is 2. The number of nitro benzene ring substituents is 1. The maximum atomic E-state index is 11.0. The molecule has 0 saturated carbocycles. The van der Waals surface area contributed by atoms with Crippen LogP contribution in [-0.2, 0) is 11.3 Å². The van der Waals surface area contributed by atoms with Gasteiger partial charge in [-0.2, -0.15) is 0 Å². The number of aliphatic carboxylic acids is 1. The molecule has 0 aliphatic heterocycles. The number of nitro groups is 1. The minimum Gasteiger partial charge on any atom is -0.496 e. The highest BCUT2D eigenvalue weighted by Gasteiger charge is 2.25. The van der Waals surface area contributed by atoms with Crippen LogP contribution >= 0.6 is 0 Å². The van der Waals surface area contributed by atoms with Crippen molar-refractivity contribution in [1.82, 2.24) is 4.90 Å². The van der Waals surface area contributed by atoms with Crippen molar-refractivity contribution in [3.05, 3.63) is 33.9 Å². The van der Waals surface area contributed by atoms with Crippen LogP contribution in [0, 0.1) is 10.1 Å². The number of rotatable bonds is 6. The topological polar surface area (TPSA) is 92.9 Å². The molecule has 1 aromatic carbocycles. The molecule has 0 unspecified atom stereocenters. The highest BCUT2D eigenvalue weighted by molar-refractivity contribution is 5.69. The van der Waals surface area contributed by atoms with Crippen molar-refractivity contribution in [3.8, 4) is 5.75 Å². The molecule has 0 atom stereocenters. The number of ether oxygens (including phenoxy) is 1. The third-order valence-electron chi connectivity index (χ3n) is 3.11. The van der Waals surface area contributed by atoms with Crippen LogP contribution in [0.15, 0.2) is 18.2 Å². The summed E-state index contributed by atoms with van der Waals surface area (Å²) in [5.74, 6) is -0.449. The van der Waals surface area contributed by atoms with Crippen LogP contribution in [-0.4, -0.2) is 40.1 Å². The third-order valence-corrected chi connectivity index (χ3v) is 3.11. The second-order valence-electron chi connectivity index (χ2n) is 5.67. The number of hydrogen-bond acceptors (Lipinski definition) is 5. The number of carbonyl (C=O) groups is 1. The Balaban J connectivity index is 3.14. The highest BCUT2D eigenvalue weighted by Crippen LogP contribution is 2.27. The Morgan fingerprint density at radius 3 is 2.48 bits per heavy atom. The lowest BCUT2D eigenvalue weighted by molar-refractivity contribution is -0.385. The Bertz CT molecular complexity index is 537. The van der Waals surface area contributed by atoms with Gasteiger partial charge in [0.15, 0.2) is 0 Å². The molecule has 0 aliphatic rings. The van der Waals surface area contributed by atoms with Crippen molar-refractivity contribution < 1.29 is 19.6 Å². The van der Waals surface area contributed by atoms with Gasteiger partial charge in [-0.3, -0.25) is 19.8 Å². The molecular weight excluding hydrogens is 276 g/mol. The highest BCUT2D eigenvalue weighted by atomic mass is 16.6. The van der Waals surface area contributed by atoms with Crippen molar-refractivity contribution in [1.29, 1.82) is 0 Å². The molecule has 1 rings (SSSR count). The smallest absolute Gasteiger partial charge is 0.317 e. The second-order valence-corrected chi connectivity index (χ2v) is 5.67. The molecular formula is C14H20N2O5. The van der Waals surface area contributed by atoms with Crippen LogP contribution in [0.5, 0.6) is 5.75 Å². The molecule has 21 heavy (non-hydrogen) atoms. The molecule has 7 nitrogen and oxygen atoms in total. The molecule has 0 bridgehead atoms. The maximum Gasteiger partial charge on any atom is 0.317 e. The van der Waals surface area contributed by atoms with Gasteiger partial charge in [-0.05, 0) is 26.8 Å². The Morgan fingerprint density at radius 2 is 2.05 bits per heavy atom. The number of benzene rings is 1. The zero-order valence-electron chi connectivity index (χ0n) is 12.6. The van der Waals surface area contributed by atoms with Gasteiger partial charge >= 0.3 is 5.97 Å². The van der Waals surface area contributed by atoms with Crippen LogP contribution in [0.4, 0.5) is 5.69 Å². The van der Waals surface area contributed by atoms with Gasteiger partial charge in [0.1, 0.15) is 5.75 Å². The van der Waals surface area contributed by atoms with E-state index in [1.165, 1.54) is 25.3 Å². The maximum absolute atomic E-state index is 11.0. The summed E-state index contributed by atoms with van der Waals surface area (Å²) < 4.78 is 5.20. The Labute approximate surface area is 123 Å². The summed E-state index contributed by atoms with van der Waals surface area (Å²) in [6.45, 7) is 5.76.